The molecule has 0 saturated carbocycles. The van der Waals surface area contributed by atoms with Crippen molar-refractivity contribution in [2.75, 3.05) is 10.6 Å². The summed E-state index contributed by atoms with van der Waals surface area (Å²) < 4.78 is 2.28. The molecule has 1 aromatic heterocycles. The van der Waals surface area contributed by atoms with E-state index in [1.54, 1.807) is 60.7 Å². The molecule has 0 bridgehead atoms. The summed E-state index contributed by atoms with van der Waals surface area (Å²) in [4.78, 5) is 40.9. The minimum Gasteiger partial charge on any atom is -0.341 e. The maximum Gasteiger partial charge on any atom is 0.272 e. The number of anilines is 2. The molecule has 6 aromatic rings. The van der Waals surface area contributed by atoms with Crippen LogP contribution in [-0.4, -0.2) is 27.5 Å². The summed E-state index contributed by atoms with van der Waals surface area (Å²) in [6, 6.07) is 37.4. The molecule has 0 fully saturated rings. The average molecular weight is 687 g/mol. The summed E-state index contributed by atoms with van der Waals surface area (Å²) in [5.74, 6) is -1.02. The van der Waals surface area contributed by atoms with E-state index in [0.29, 0.717) is 28.3 Å². The smallest absolute Gasteiger partial charge is 0.272 e. The monoisotopic (exact) mass is 686 g/mol. The third kappa shape index (κ3) is 7.88. The molecule has 1 heterocycles. The van der Waals surface area contributed by atoms with Gasteiger partial charge in [-0.05, 0) is 91.7 Å². The second-order valence-corrected chi connectivity index (χ2v) is 13.1. The number of para-hydroxylation sites is 1. The molecule has 0 aliphatic carbocycles. The molecule has 1 atom stereocenters. The van der Waals surface area contributed by atoms with Crippen molar-refractivity contribution in [3.63, 3.8) is 0 Å². The minimum atomic E-state index is -0.504. The van der Waals surface area contributed by atoms with Gasteiger partial charge in [-0.25, -0.2) is 0 Å². The van der Waals surface area contributed by atoms with Crippen LogP contribution >= 0.6 is 23.4 Å². The van der Waals surface area contributed by atoms with Crippen LogP contribution in [-0.2, 0) is 16.1 Å². The van der Waals surface area contributed by atoms with Crippen molar-refractivity contribution in [3.05, 3.63) is 143 Å². The first-order chi connectivity index (χ1) is 23.8. The molecule has 1 unspecified atom stereocenters. The van der Waals surface area contributed by atoms with Gasteiger partial charge in [0.1, 0.15) is 5.70 Å². The number of hydrogen-bond donors (Lipinski definition) is 3. The highest BCUT2D eigenvalue weighted by Gasteiger charge is 2.20. The van der Waals surface area contributed by atoms with E-state index >= 15 is 0 Å². The number of nitrogens with zero attached hydrogens (tertiary/aromatic N) is 1. The second-order valence-electron chi connectivity index (χ2n) is 11.4. The van der Waals surface area contributed by atoms with Gasteiger partial charge in [-0.2, -0.15) is 0 Å². The number of halogens is 1. The number of carbonyl (C=O) groups is 3. The first-order valence-corrected chi connectivity index (χ1v) is 17.3. The van der Waals surface area contributed by atoms with Crippen LogP contribution in [0.3, 0.4) is 0 Å². The number of thioether (sulfide) groups is 1. The first-order valence-electron chi connectivity index (χ1n) is 16.1. The van der Waals surface area contributed by atoms with Crippen molar-refractivity contribution in [1.82, 2.24) is 9.88 Å². The van der Waals surface area contributed by atoms with E-state index in [4.69, 9.17) is 11.6 Å². The van der Waals surface area contributed by atoms with Gasteiger partial charge in [0.05, 0.1) is 5.25 Å². The third-order valence-corrected chi connectivity index (χ3v) is 9.67. The standard InChI is InChI=1S/C40H35ClN4O3S/c1-3-37(40(48)43-30-20-21-36-33(25-30)32-18-8-9-19-35(32)45(36)4-2)49-31-17-11-16-29(24-31)42-39(47)34(23-26-12-10-15-28(41)22-26)44-38(46)27-13-6-5-7-14-27/h5-25,37H,3-4H2,1-2H3,(H,42,47)(H,43,48)(H,44,46)/b34-23-. The van der Waals surface area contributed by atoms with Crippen molar-refractivity contribution in [1.29, 1.82) is 0 Å². The molecule has 5 aromatic carbocycles. The van der Waals surface area contributed by atoms with E-state index in [1.165, 1.54) is 17.3 Å². The molecule has 7 nitrogen and oxygen atoms in total. The van der Waals surface area contributed by atoms with Crippen LogP contribution in [0.4, 0.5) is 11.4 Å². The van der Waals surface area contributed by atoms with Gasteiger partial charge in [0.2, 0.25) is 5.91 Å². The average Bonchev–Trinajstić information content (AvgIpc) is 3.43. The number of aryl methyl sites for hydroxylation is 1. The number of amides is 3. The van der Waals surface area contributed by atoms with Gasteiger partial charge in [-0.3, -0.25) is 14.4 Å². The van der Waals surface area contributed by atoms with Crippen LogP contribution in [0.1, 0.15) is 36.2 Å². The molecule has 3 N–H and O–H groups in total. The Morgan fingerprint density at radius 1 is 0.755 bits per heavy atom. The van der Waals surface area contributed by atoms with Gasteiger partial charge in [0.25, 0.3) is 11.8 Å². The van der Waals surface area contributed by atoms with Crippen molar-refractivity contribution < 1.29 is 14.4 Å². The van der Waals surface area contributed by atoms with Crippen LogP contribution in [0, 0.1) is 0 Å². The molecular formula is C40H35ClN4O3S. The Morgan fingerprint density at radius 2 is 1.49 bits per heavy atom. The van der Waals surface area contributed by atoms with Gasteiger partial charge in [-0.1, -0.05) is 73.1 Å². The largest absolute Gasteiger partial charge is 0.341 e. The number of rotatable bonds is 11. The molecule has 0 spiro atoms. The van der Waals surface area contributed by atoms with Gasteiger partial charge in [0.15, 0.2) is 0 Å². The highest BCUT2D eigenvalue weighted by molar-refractivity contribution is 8.00. The van der Waals surface area contributed by atoms with Crippen LogP contribution < -0.4 is 16.0 Å². The molecule has 0 saturated heterocycles. The Labute approximate surface area is 294 Å². The van der Waals surface area contributed by atoms with Crippen molar-refractivity contribution >= 4 is 80.3 Å². The van der Waals surface area contributed by atoms with Crippen LogP contribution in [0.25, 0.3) is 27.9 Å². The van der Waals surface area contributed by atoms with E-state index in [0.717, 1.165) is 33.4 Å². The molecule has 3 amide bonds. The fraction of sp³-hybridized carbons (Fsp3) is 0.125. The summed E-state index contributed by atoms with van der Waals surface area (Å²) in [7, 11) is 0. The fourth-order valence-electron chi connectivity index (χ4n) is 5.73. The van der Waals surface area contributed by atoms with Crippen molar-refractivity contribution in [3.8, 4) is 0 Å². The molecule has 6 rings (SSSR count). The number of carbonyl (C=O) groups excluding carboxylic acids is 3. The third-order valence-electron chi connectivity index (χ3n) is 8.08. The number of benzene rings is 5. The van der Waals surface area contributed by atoms with Crippen molar-refractivity contribution in [2.24, 2.45) is 0 Å². The van der Waals surface area contributed by atoms with Crippen LogP contribution in [0.15, 0.2) is 132 Å². The molecule has 246 valence electrons. The lowest BCUT2D eigenvalue weighted by atomic mass is 10.1. The Balaban J connectivity index is 1.17. The Bertz CT molecular complexity index is 2200. The lowest BCUT2D eigenvalue weighted by Gasteiger charge is -2.16. The summed E-state index contributed by atoms with van der Waals surface area (Å²) in [6.45, 7) is 4.96. The number of hydrogen-bond acceptors (Lipinski definition) is 4. The zero-order valence-corrected chi connectivity index (χ0v) is 28.6. The van der Waals surface area contributed by atoms with Gasteiger partial charge >= 0.3 is 0 Å². The molecule has 49 heavy (non-hydrogen) atoms. The predicted molar refractivity (Wildman–Crippen MR) is 202 cm³/mol. The number of nitrogens with one attached hydrogen (secondary N) is 3. The quantitative estimate of drug-likeness (QED) is 0.0936. The fourth-order valence-corrected chi connectivity index (χ4v) is 6.94. The Morgan fingerprint density at radius 3 is 2.27 bits per heavy atom. The topological polar surface area (TPSA) is 92.2 Å². The maximum absolute atomic E-state index is 13.6. The van der Waals surface area contributed by atoms with Gasteiger partial charge < -0.3 is 20.5 Å². The Hall–Kier alpha value is -5.31. The summed E-state index contributed by atoms with van der Waals surface area (Å²) in [5.41, 5.74) is 4.70. The van der Waals surface area contributed by atoms with E-state index in [2.05, 4.69) is 45.6 Å². The van der Waals surface area contributed by atoms with E-state index in [-0.39, 0.29) is 16.9 Å². The first kappa shape index (κ1) is 33.6. The van der Waals surface area contributed by atoms with Gasteiger partial charge in [-0.15, -0.1) is 11.8 Å². The summed E-state index contributed by atoms with van der Waals surface area (Å²) >= 11 is 7.60. The van der Waals surface area contributed by atoms with E-state index in [9.17, 15) is 14.4 Å². The normalized spacial score (nSPS) is 12.1. The second kappa shape index (κ2) is 15.3. The predicted octanol–water partition coefficient (Wildman–Crippen LogP) is 9.39. The molecule has 9 heteroatoms. The maximum atomic E-state index is 13.6. The zero-order chi connectivity index (χ0) is 34.3. The van der Waals surface area contributed by atoms with Crippen LogP contribution in [0.5, 0.6) is 0 Å². The lowest BCUT2D eigenvalue weighted by Crippen LogP contribution is -2.30. The molecule has 0 aliphatic rings. The van der Waals surface area contributed by atoms with Crippen LogP contribution in [0.2, 0.25) is 5.02 Å². The van der Waals surface area contributed by atoms with E-state index in [1.807, 2.05) is 55.5 Å². The molecular weight excluding hydrogens is 652 g/mol. The number of fused-ring (bicyclic) bond motifs is 3. The summed E-state index contributed by atoms with van der Waals surface area (Å²) in [5, 5.41) is 11.2. The molecule has 0 aliphatic heterocycles. The molecule has 0 radical (unpaired) electrons. The SMILES string of the molecule is CCC(Sc1cccc(NC(=O)/C(=C/c2cccc(Cl)c2)NC(=O)c2ccccc2)c1)C(=O)Nc1ccc2c(c1)c1ccccc1n2CC. The lowest BCUT2D eigenvalue weighted by molar-refractivity contribution is -0.116. The zero-order valence-electron chi connectivity index (χ0n) is 27.1. The summed E-state index contributed by atoms with van der Waals surface area (Å²) in [6.07, 6.45) is 2.18. The van der Waals surface area contributed by atoms with Gasteiger partial charge in [0, 0.05) is 55.2 Å². The Kier molecular flexibility index (Phi) is 10.5. The minimum absolute atomic E-state index is 0.0546. The van der Waals surface area contributed by atoms with E-state index < -0.39 is 11.8 Å². The highest BCUT2D eigenvalue weighted by atomic mass is 35.5. The highest BCUT2D eigenvalue weighted by Crippen LogP contribution is 2.32. The number of aromatic nitrogens is 1. The van der Waals surface area contributed by atoms with Crippen molar-refractivity contribution in [2.45, 2.75) is 37.0 Å².